The fraction of sp³-hybridized carbons (Fsp3) is 0.538. The molecule has 0 radical (unpaired) electrons. The Bertz CT molecular complexity index is 583. The van der Waals surface area contributed by atoms with Gasteiger partial charge in [0.15, 0.2) is 0 Å². The summed E-state index contributed by atoms with van der Waals surface area (Å²) in [6.07, 6.45) is 1.02. The molecular weight excluding hydrogens is 283 g/mol. The third kappa shape index (κ3) is 3.17. The van der Waals surface area contributed by atoms with Crippen molar-refractivity contribution in [1.29, 1.82) is 0 Å². The lowest BCUT2D eigenvalue weighted by Gasteiger charge is -2.36. The predicted molar refractivity (Wildman–Crippen MR) is 73.3 cm³/mol. The molecule has 0 spiro atoms. The minimum atomic E-state index is -3.81. The minimum absolute atomic E-state index is 0.0446. The highest BCUT2D eigenvalue weighted by molar-refractivity contribution is 7.89. The molecule has 1 aromatic carbocycles. The molecule has 3 N–H and O–H groups in total. The first-order chi connectivity index (χ1) is 9.38. The van der Waals surface area contributed by atoms with Crippen molar-refractivity contribution >= 4 is 10.0 Å². The molecule has 2 rings (SSSR count). The molecule has 112 valence electrons. The lowest BCUT2D eigenvalue weighted by atomic mass is 9.92. The fourth-order valence-electron chi connectivity index (χ4n) is 2.31. The first kappa shape index (κ1) is 15.4. The second kappa shape index (κ2) is 5.77. The average Bonchev–Trinajstić information content (AvgIpc) is 2.42. The van der Waals surface area contributed by atoms with Crippen molar-refractivity contribution in [2.45, 2.75) is 30.2 Å². The first-order valence-electron chi connectivity index (χ1n) is 6.46. The SMILES string of the molecule is Cc1ccc(F)cc1S(=O)(=O)NC1(CN)CCOCC1. The van der Waals surface area contributed by atoms with E-state index in [1.165, 1.54) is 12.1 Å². The van der Waals surface area contributed by atoms with E-state index in [4.69, 9.17) is 10.5 Å². The van der Waals surface area contributed by atoms with E-state index in [1.807, 2.05) is 0 Å². The molecule has 0 aliphatic carbocycles. The van der Waals surface area contributed by atoms with E-state index in [-0.39, 0.29) is 11.4 Å². The predicted octanol–water partition coefficient (Wildman–Crippen LogP) is 0.920. The fourth-order valence-corrected chi connectivity index (χ4v) is 4.04. The van der Waals surface area contributed by atoms with Crippen LogP contribution in [0.15, 0.2) is 23.1 Å². The van der Waals surface area contributed by atoms with Gasteiger partial charge < -0.3 is 10.5 Å². The molecule has 0 saturated carbocycles. The largest absolute Gasteiger partial charge is 0.381 e. The highest BCUT2D eigenvalue weighted by Gasteiger charge is 2.36. The second-order valence-corrected chi connectivity index (χ2v) is 6.76. The number of hydrogen-bond donors (Lipinski definition) is 2. The molecule has 1 fully saturated rings. The van der Waals surface area contributed by atoms with Gasteiger partial charge in [-0.1, -0.05) is 6.07 Å². The molecular formula is C13H19FN2O3S. The number of hydrogen-bond acceptors (Lipinski definition) is 4. The average molecular weight is 302 g/mol. The molecule has 20 heavy (non-hydrogen) atoms. The summed E-state index contributed by atoms with van der Waals surface area (Å²) in [6.45, 7) is 2.74. The van der Waals surface area contributed by atoms with Crippen LogP contribution in [0.3, 0.4) is 0 Å². The topological polar surface area (TPSA) is 81.4 Å². The molecule has 1 aliphatic heterocycles. The van der Waals surface area contributed by atoms with Crippen LogP contribution in [-0.2, 0) is 14.8 Å². The Morgan fingerprint density at radius 1 is 1.40 bits per heavy atom. The summed E-state index contributed by atoms with van der Waals surface area (Å²) in [4.78, 5) is -0.0446. The van der Waals surface area contributed by atoms with Gasteiger partial charge in [0.2, 0.25) is 10.0 Å². The summed E-state index contributed by atoms with van der Waals surface area (Å²) in [5.74, 6) is -0.579. The van der Waals surface area contributed by atoms with Crippen molar-refractivity contribution in [2.75, 3.05) is 19.8 Å². The van der Waals surface area contributed by atoms with E-state index in [0.717, 1.165) is 6.07 Å². The van der Waals surface area contributed by atoms with Crippen molar-refractivity contribution < 1.29 is 17.5 Å². The number of halogens is 1. The van der Waals surface area contributed by atoms with Gasteiger partial charge in [-0.05, 0) is 37.5 Å². The van der Waals surface area contributed by atoms with Crippen LogP contribution in [0.4, 0.5) is 4.39 Å². The standard InChI is InChI=1S/C13H19FN2O3S/c1-10-2-3-11(14)8-12(10)20(17,18)16-13(9-15)4-6-19-7-5-13/h2-3,8,16H,4-7,9,15H2,1H3. The van der Waals surface area contributed by atoms with Crippen LogP contribution in [0.1, 0.15) is 18.4 Å². The molecule has 1 saturated heterocycles. The minimum Gasteiger partial charge on any atom is -0.381 e. The van der Waals surface area contributed by atoms with Crippen LogP contribution in [0.5, 0.6) is 0 Å². The van der Waals surface area contributed by atoms with Crippen molar-refractivity contribution in [1.82, 2.24) is 4.72 Å². The molecule has 0 atom stereocenters. The lowest BCUT2D eigenvalue weighted by molar-refractivity contribution is 0.0502. The van der Waals surface area contributed by atoms with E-state index >= 15 is 0 Å². The summed E-state index contributed by atoms with van der Waals surface area (Å²) in [5, 5.41) is 0. The molecule has 7 heteroatoms. The van der Waals surface area contributed by atoms with Crippen LogP contribution < -0.4 is 10.5 Å². The van der Waals surface area contributed by atoms with Crippen LogP contribution in [0.25, 0.3) is 0 Å². The van der Waals surface area contributed by atoms with E-state index in [0.29, 0.717) is 31.6 Å². The van der Waals surface area contributed by atoms with Gasteiger partial charge in [0, 0.05) is 25.3 Å². The van der Waals surface area contributed by atoms with Gasteiger partial charge in [0.05, 0.1) is 4.90 Å². The smallest absolute Gasteiger partial charge is 0.241 e. The van der Waals surface area contributed by atoms with Gasteiger partial charge in [0.1, 0.15) is 5.82 Å². The Balaban J connectivity index is 2.32. The van der Waals surface area contributed by atoms with Crippen molar-refractivity contribution in [3.05, 3.63) is 29.6 Å². The Morgan fingerprint density at radius 2 is 2.05 bits per heavy atom. The van der Waals surface area contributed by atoms with Crippen molar-refractivity contribution in [3.8, 4) is 0 Å². The normalized spacial score (nSPS) is 18.9. The summed E-state index contributed by atoms with van der Waals surface area (Å²) >= 11 is 0. The van der Waals surface area contributed by atoms with Crippen molar-refractivity contribution in [2.24, 2.45) is 5.73 Å². The quantitative estimate of drug-likeness (QED) is 0.866. The van der Waals surface area contributed by atoms with Gasteiger partial charge in [0.25, 0.3) is 0 Å². The molecule has 1 aromatic rings. The summed E-state index contributed by atoms with van der Waals surface area (Å²) in [5.41, 5.74) is 5.52. The van der Waals surface area contributed by atoms with Gasteiger partial charge >= 0.3 is 0 Å². The van der Waals surface area contributed by atoms with Gasteiger partial charge in [-0.15, -0.1) is 0 Å². The van der Waals surface area contributed by atoms with E-state index < -0.39 is 21.4 Å². The highest BCUT2D eigenvalue weighted by Crippen LogP contribution is 2.24. The van der Waals surface area contributed by atoms with Gasteiger partial charge in [-0.2, -0.15) is 0 Å². The molecule has 1 aliphatic rings. The maximum absolute atomic E-state index is 13.3. The number of ether oxygens (including phenoxy) is 1. The van der Waals surface area contributed by atoms with Crippen LogP contribution in [-0.4, -0.2) is 33.7 Å². The number of sulfonamides is 1. The van der Waals surface area contributed by atoms with Gasteiger partial charge in [-0.3, -0.25) is 0 Å². The van der Waals surface area contributed by atoms with Crippen LogP contribution >= 0.6 is 0 Å². The maximum Gasteiger partial charge on any atom is 0.241 e. The first-order valence-corrected chi connectivity index (χ1v) is 7.95. The highest BCUT2D eigenvalue weighted by atomic mass is 32.2. The molecule has 5 nitrogen and oxygen atoms in total. The van der Waals surface area contributed by atoms with Crippen LogP contribution in [0.2, 0.25) is 0 Å². The maximum atomic E-state index is 13.3. The Labute approximate surface area is 118 Å². The number of nitrogens with one attached hydrogen (secondary N) is 1. The third-order valence-electron chi connectivity index (χ3n) is 3.63. The summed E-state index contributed by atoms with van der Waals surface area (Å²) in [6, 6.07) is 3.71. The molecule has 0 aromatic heterocycles. The molecule has 1 heterocycles. The number of benzene rings is 1. The zero-order valence-electron chi connectivity index (χ0n) is 11.4. The number of aryl methyl sites for hydroxylation is 1. The van der Waals surface area contributed by atoms with Crippen LogP contribution in [0, 0.1) is 12.7 Å². The zero-order valence-corrected chi connectivity index (χ0v) is 12.2. The van der Waals surface area contributed by atoms with E-state index in [1.54, 1.807) is 6.92 Å². The number of rotatable bonds is 4. The Hall–Kier alpha value is -1.02. The third-order valence-corrected chi connectivity index (χ3v) is 5.35. The molecule has 0 bridgehead atoms. The molecule has 0 amide bonds. The van der Waals surface area contributed by atoms with Gasteiger partial charge in [-0.25, -0.2) is 17.5 Å². The lowest BCUT2D eigenvalue weighted by Crippen LogP contribution is -2.56. The van der Waals surface area contributed by atoms with E-state index in [2.05, 4.69) is 4.72 Å². The van der Waals surface area contributed by atoms with E-state index in [9.17, 15) is 12.8 Å². The molecule has 0 unspecified atom stereocenters. The van der Waals surface area contributed by atoms with Crippen molar-refractivity contribution in [3.63, 3.8) is 0 Å². The summed E-state index contributed by atoms with van der Waals surface area (Å²) < 4.78 is 46.1. The number of nitrogens with two attached hydrogens (primary N) is 1. The monoisotopic (exact) mass is 302 g/mol. The Kier molecular flexibility index (Phi) is 4.43. The second-order valence-electron chi connectivity index (χ2n) is 5.11. The zero-order chi connectivity index (χ0) is 14.8. The Morgan fingerprint density at radius 3 is 2.65 bits per heavy atom. The summed E-state index contributed by atoms with van der Waals surface area (Å²) in [7, 11) is -3.81.